The number of nitrogens with one attached hydrogen (secondary N) is 4. The molecule has 476 valence electrons. The number of nitrogens with zero attached hydrogens (tertiary/aromatic N) is 6. The molecule has 1 unspecified atom stereocenters. The van der Waals surface area contributed by atoms with E-state index in [0.717, 1.165) is 12.1 Å². The summed E-state index contributed by atoms with van der Waals surface area (Å²) >= 11 is 0. The first-order valence-corrected chi connectivity index (χ1v) is 31.0. The molecule has 1 aliphatic carbocycles. The molecule has 92 heavy (non-hydrogen) atoms. The van der Waals surface area contributed by atoms with Gasteiger partial charge in [0.05, 0.1) is 40.3 Å². The van der Waals surface area contributed by atoms with Gasteiger partial charge in [-0.15, -0.1) is 0 Å². The van der Waals surface area contributed by atoms with Gasteiger partial charge in [-0.3, -0.25) is 28.8 Å². The van der Waals surface area contributed by atoms with Gasteiger partial charge in [0.1, 0.15) is 51.3 Å². The number of anilines is 5. The highest BCUT2D eigenvalue weighted by Crippen LogP contribution is 2.45. The van der Waals surface area contributed by atoms with E-state index >= 15 is 8.78 Å². The molecule has 9 aromatic rings. The molecule has 22 heteroatoms. The molecule has 12 rings (SSSR count). The molecule has 3 amide bonds. The Kier molecular flexibility index (Phi) is 17.3. The topological polar surface area (TPSA) is 249 Å². The van der Waals surface area contributed by atoms with E-state index in [4.69, 9.17) is 4.42 Å². The lowest BCUT2D eigenvalue weighted by molar-refractivity contribution is 0.101. The van der Waals surface area contributed by atoms with E-state index in [9.17, 15) is 44.1 Å². The van der Waals surface area contributed by atoms with Crippen molar-refractivity contribution < 1.29 is 42.9 Å². The summed E-state index contributed by atoms with van der Waals surface area (Å²) in [6.07, 6.45) is 2.09. The molecule has 0 radical (unpaired) electrons. The van der Waals surface area contributed by atoms with Crippen LogP contribution in [0.25, 0.3) is 32.9 Å². The van der Waals surface area contributed by atoms with Gasteiger partial charge in [0.15, 0.2) is 0 Å². The van der Waals surface area contributed by atoms with E-state index in [2.05, 4.69) is 31.1 Å². The van der Waals surface area contributed by atoms with Crippen molar-refractivity contribution in [1.29, 1.82) is 0 Å². The molecule has 7 N–H and O–H groups in total. The molecule has 2 saturated heterocycles. The van der Waals surface area contributed by atoms with Gasteiger partial charge in [0.25, 0.3) is 34.4 Å². The van der Waals surface area contributed by atoms with Crippen LogP contribution in [-0.2, 0) is 32.5 Å². The number of rotatable bonds is 16. The van der Waals surface area contributed by atoms with E-state index in [0.29, 0.717) is 115 Å². The number of aromatic nitrogens is 3. The normalized spacial score (nSPS) is 15.3. The van der Waals surface area contributed by atoms with E-state index in [1.54, 1.807) is 66.7 Å². The van der Waals surface area contributed by atoms with Gasteiger partial charge in [-0.1, -0.05) is 58.0 Å². The third-order valence-corrected chi connectivity index (χ3v) is 17.6. The van der Waals surface area contributed by atoms with Gasteiger partial charge in [0, 0.05) is 105 Å². The summed E-state index contributed by atoms with van der Waals surface area (Å²) in [5.41, 5.74) is -0.128. The van der Waals surface area contributed by atoms with Crippen molar-refractivity contribution in [1.82, 2.24) is 23.9 Å². The zero-order chi connectivity index (χ0) is 64.8. The molecular formula is C70H72F2N10O10. The fourth-order valence-corrected chi connectivity index (χ4v) is 13.3. The van der Waals surface area contributed by atoms with Crippen LogP contribution in [0.4, 0.5) is 37.2 Å². The molecule has 2 aliphatic heterocycles. The number of para-hydroxylation sites is 1. The summed E-state index contributed by atoms with van der Waals surface area (Å²) in [6, 6.07) is 28.3. The number of piperazine rings is 2. The Morgan fingerprint density at radius 2 is 1.20 bits per heavy atom. The molecule has 0 bridgehead atoms. The highest BCUT2D eigenvalue weighted by molar-refractivity contribution is 6.14. The van der Waals surface area contributed by atoms with E-state index in [1.165, 1.54) is 38.2 Å². The standard InChI is InChI=1S/C70H72F2N10O10/c1-39(2)36-80-54-15-9-14-53(78-22-20-73-21-23-78)56(54)63(84)59(69(80)90)66(87)76-48-32-43(30-45(72)35-48)50-17-19-55-57(61(50)79-26-24-77(5)25-27-79)64(85)60(70(91)81(55)37-40(3)4)67(88)75-47-31-42(29-44(71)34-47)41-16-18-52-51(33-41)62(83)58(65(86)74-46-11-7-6-8-12-46)68(89)82(52)38-49-13-10-28-92-49/h6-15,17,19,28-32,34-35,39-41,73,83-85H,16,18,20-27,33,36-38H2,1-5H3,(H,74,86)(H,75,88)(H,76,87). The second-order valence-electron chi connectivity index (χ2n) is 24.9. The van der Waals surface area contributed by atoms with Crippen molar-refractivity contribution in [3.63, 3.8) is 0 Å². The summed E-state index contributed by atoms with van der Waals surface area (Å²) in [7, 11) is 1.96. The fraction of sp³-hybridized carbons (Fsp3) is 0.314. The van der Waals surface area contributed by atoms with E-state index in [-0.39, 0.29) is 72.2 Å². The molecule has 4 aromatic heterocycles. The minimum absolute atomic E-state index is 0.0255. The third kappa shape index (κ3) is 12.1. The summed E-state index contributed by atoms with van der Waals surface area (Å²) in [5, 5.41) is 48.7. The number of furan rings is 1. The van der Waals surface area contributed by atoms with Crippen LogP contribution in [0.15, 0.2) is 134 Å². The molecule has 0 spiro atoms. The van der Waals surface area contributed by atoms with Crippen LogP contribution < -0.4 is 47.7 Å². The molecule has 3 aliphatic rings. The minimum Gasteiger partial charge on any atom is -0.507 e. The number of aromatic hydroxyl groups is 3. The lowest BCUT2D eigenvalue weighted by Gasteiger charge is -2.36. The van der Waals surface area contributed by atoms with Crippen LogP contribution in [0.3, 0.4) is 0 Å². The smallest absolute Gasteiger partial charge is 0.267 e. The molecule has 20 nitrogen and oxygen atoms in total. The number of carbonyl (C=O) groups excluding carboxylic acids is 3. The Hall–Kier alpha value is -10.1. The number of fused-ring (bicyclic) bond motifs is 3. The van der Waals surface area contributed by atoms with Crippen molar-refractivity contribution in [2.24, 2.45) is 11.8 Å². The quantitative estimate of drug-likeness (QED) is 0.0476. The number of pyridine rings is 3. The maximum absolute atomic E-state index is 16.4. The first kappa shape index (κ1) is 62.1. The average Bonchev–Trinajstić information content (AvgIpc) is 0.781. The highest BCUT2D eigenvalue weighted by Gasteiger charge is 2.34. The Labute approximate surface area is 527 Å². The molecule has 1 atom stereocenters. The number of likely N-dealkylation sites (N-methyl/N-ethyl adjacent to an activating group) is 1. The van der Waals surface area contributed by atoms with E-state index < -0.39 is 85.9 Å². The predicted octanol–water partition coefficient (Wildman–Crippen LogP) is 9.68. The zero-order valence-corrected chi connectivity index (χ0v) is 51.7. The number of amides is 3. The van der Waals surface area contributed by atoms with Crippen LogP contribution in [0.1, 0.15) is 93.7 Å². The Morgan fingerprint density at radius 3 is 1.83 bits per heavy atom. The zero-order valence-electron chi connectivity index (χ0n) is 51.7. The van der Waals surface area contributed by atoms with Gasteiger partial charge in [-0.2, -0.15) is 0 Å². The van der Waals surface area contributed by atoms with Gasteiger partial charge in [0.2, 0.25) is 0 Å². The lowest BCUT2D eigenvalue weighted by Crippen LogP contribution is -2.45. The van der Waals surface area contributed by atoms with Crippen LogP contribution in [0.2, 0.25) is 0 Å². The van der Waals surface area contributed by atoms with E-state index in [1.807, 2.05) is 51.8 Å². The molecule has 0 saturated carbocycles. The Bertz CT molecular complexity index is 4570. The minimum atomic E-state index is -1.05. The maximum atomic E-state index is 16.4. The van der Waals surface area contributed by atoms with Gasteiger partial charge < -0.3 is 69.4 Å². The first-order valence-electron chi connectivity index (χ1n) is 31.0. The summed E-state index contributed by atoms with van der Waals surface area (Å²) < 4.78 is 42.4. The number of hydrogen-bond donors (Lipinski definition) is 7. The Balaban J connectivity index is 0.916. The highest BCUT2D eigenvalue weighted by atomic mass is 19.1. The van der Waals surface area contributed by atoms with Crippen LogP contribution in [0.5, 0.6) is 17.2 Å². The monoisotopic (exact) mass is 1250 g/mol. The molecule has 5 aromatic carbocycles. The number of hydrogen-bond acceptors (Lipinski definition) is 14. The van der Waals surface area contributed by atoms with Crippen LogP contribution in [0, 0.1) is 23.5 Å². The predicted molar refractivity (Wildman–Crippen MR) is 351 cm³/mol. The van der Waals surface area contributed by atoms with Crippen LogP contribution in [-0.4, -0.2) is 111 Å². The number of halogens is 2. The summed E-state index contributed by atoms with van der Waals surface area (Å²) in [6.45, 7) is 12.5. The summed E-state index contributed by atoms with van der Waals surface area (Å²) in [5.74, 6) is -6.35. The molecular weight excluding hydrogens is 1180 g/mol. The first-order chi connectivity index (χ1) is 44.2. The largest absolute Gasteiger partial charge is 0.507 e. The molecule has 2 fully saturated rings. The third-order valence-electron chi connectivity index (χ3n) is 17.6. The Morgan fingerprint density at radius 1 is 0.609 bits per heavy atom. The van der Waals surface area contributed by atoms with Crippen molar-refractivity contribution in [3.8, 4) is 28.4 Å². The van der Waals surface area contributed by atoms with Crippen molar-refractivity contribution in [3.05, 3.63) is 197 Å². The SMILES string of the molecule is CC(C)Cn1c(=O)c(C(=O)Nc2cc(F)cc(-c3ccc4c(c(O)c(C(=O)Nc5cc(F)cc(C6CCc7c(c(O)c(C(=O)Nc8ccccc8)c(=O)n7Cc7ccco7)C6)c5)c(=O)n4CC(C)C)c3N3CCN(C)CC3)c2)c(O)c2c(N3CCNCC3)cccc21. The van der Waals surface area contributed by atoms with Crippen molar-refractivity contribution in [2.45, 2.75) is 72.5 Å². The van der Waals surface area contributed by atoms with Crippen molar-refractivity contribution in [2.75, 3.05) is 85.2 Å². The second kappa shape index (κ2) is 25.7. The number of benzene rings is 5. The molecule has 6 heterocycles. The fourth-order valence-electron chi connectivity index (χ4n) is 13.3. The van der Waals surface area contributed by atoms with Crippen molar-refractivity contribution >= 4 is 68.0 Å². The maximum Gasteiger partial charge on any atom is 0.267 e. The summed E-state index contributed by atoms with van der Waals surface area (Å²) in [4.78, 5) is 93.3. The van der Waals surface area contributed by atoms with Gasteiger partial charge in [-0.25, -0.2) is 8.78 Å². The van der Waals surface area contributed by atoms with Gasteiger partial charge >= 0.3 is 0 Å². The van der Waals surface area contributed by atoms with Gasteiger partial charge in [-0.05, 0) is 134 Å². The number of carbonyl (C=O) groups is 3. The van der Waals surface area contributed by atoms with Crippen LogP contribution >= 0.6 is 0 Å². The second-order valence-corrected chi connectivity index (χ2v) is 24.9. The average molecular weight is 1250 g/mol. The lowest BCUT2D eigenvalue weighted by atomic mass is 9.80.